The number of aryl methyl sites for hydroxylation is 1. The smallest absolute Gasteiger partial charge is 0.262 e. The van der Waals surface area contributed by atoms with Crippen LogP contribution in [0.2, 0.25) is 0 Å². The molecule has 0 aliphatic carbocycles. The third-order valence-electron chi connectivity index (χ3n) is 6.10. The molecule has 0 bridgehead atoms. The second-order valence-electron chi connectivity index (χ2n) is 8.43. The van der Waals surface area contributed by atoms with Gasteiger partial charge in [0, 0.05) is 19.2 Å². The maximum atomic E-state index is 13.1. The second kappa shape index (κ2) is 9.43. The Hall–Kier alpha value is -4.06. The van der Waals surface area contributed by atoms with Gasteiger partial charge >= 0.3 is 0 Å². The monoisotopic (exact) mass is 454 g/mol. The zero-order valence-corrected chi connectivity index (χ0v) is 19.0. The topological polar surface area (TPSA) is 71.8 Å². The van der Waals surface area contributed by atoms with Crippen LogP contribution in [0.3, 0.4) is 0 Å². The molecule has 4 aromatic rings. The highest BCUT2D eigenvalue weighted by molar-refractivity contribution is 5.95. The van der Waals surface area contributed by atoms with Crippen molar-refractivity contribution in [3.63, 3.8) is 0 Å². The molecular formula is C28H26N2O4. The molecule has 6 nitrogen and oxygen atoms in total. The first kappa shape index (κ1) is 21.8. The largest absolute Gasteiger partial charge is 0.484 e. The van der Waals surface area contributed by atoms with Gasteiger partial charge in [-0.2, -0.15) is 0 Å². The number of rotatable bonds is 6. The van der Waals surface area contributed by atoms with Gasteiger partial charge in [-0.1, -0.05) is 42.5 Å². The van der Waals surface area contributed by atoms with E-state index in [9.17, 15) is 9.59 Å². The molecule has 0 atom stereocenters. The molecule has 1 aliphatic heterocycles. The van der Waals surface area contributed by atoms with Gasteiger partial charge in [-0.15, -0.1) is 0 Å². The molecule has 0 spiro atoms. The van der Waals surface area contributed by atoms with Crippen molar-refractivity contribution in [3.8, 4) is 16.9 Å². The zero-order valence-electron chi connectivity index (χ0n) is 19.0. The molecule has 0 radical (unpaired) electrons. The van der Waals surface area contributed by atoms with E-state index in [-0.39, 0.29) is 17.9 Å². The third kappa shape index (κ3) is 4.39. The van der Waals surface area contributed by atoms with E-state index >= 15 is 0 Å². The normalized spacial score (nSPS) is 13.3. The van der Waals surface area contributed by atoms with Gasteiger partial charge in [-0.05, 0) is 49.6 Å². The Balaban J connectivity index is 1.31. The van der Waals surface area contributed by atoms with Crippen molar-refractivity contribution in [2.45, 2.75) is 19.8 Å². The molecule has 2 heterocycles. The number of anilines is 2. The van der Waals surface area contributed by atoms with Crippen LogP contribution in [0.1, 0.15) is 18.6 Å². The number of carbonyl (C=O) groups is 1. The van der Waals surface area contributed by atoms with Crippen LogP contribution in [0.4, 0.5) is 11.4 Å². The van der Waals surface area contributed by atoms with Gasteiger partial charge in [0.25, 0.3) is 5.91 Å². The van der Waals surface area contributed by atoms with Gasteiger partial charge in [0.05, 0.1) is 22.3 Å². The van der Waals surface area contributed by atoms with Crippen molar-refractivity contribution in [1.29, 1.82) is 0 Å². The number of hydrogen-bond acceptors (Lipinski definition) is 5. The van der Waals surface area contributed by atoms with Gasteiger partial charge < -0.3 is 19.4 Å². The molecule has 34 heavy (non-hydrogen) atoms. The summed E-state index contributed by atoms with van der Waals surface area (Å²) < 4.78 is 11.7. The summed E-state index contributed by atoms with van der Waals surface area (Å²) in [5.74, 6) is 0.756. The number of benzene rings is 3. The number of hydrogen-bond donors (Lipinski definition) is 1. The molecule has 1 amide bonds. The summed E-state index contributed by atoms with van der Waals surface area (Å²) in [5.41, 5.74) is 3.53. The SMILES string of the molecule is Cc1oc2cc(OCC(=O)Nc3ccccc3N3CCCC3)ccc2c(=O)c1-c1ccccc1. The third-order valence-corrected chi connectivity index (χ3v) is 6.10. The lowest BCUT2D eigenvalue weighted by molar-refractivity contribution is -0.118. The van der Waals surface area contributed by atoms with E-state index in [2.05, 4.69) is 10.2 Å². The van der Waals surface area contributed by atoms with E-state index in [0.29, 0.717) is 28.0 Å². The molecule has 0 saturated carbocycles. The Morgan fingerprint density at radius 3 is 2.53 bits per heavy atom. The first-order valence-electron chi connectivity index (χ1n) is 11.5. The minimum Gasteiger partial charge on any atom is -0.484 e. The maximum absolute atomic E-state index is 13.1. The minimum atomic E-state index is -0.246. The summed E-state index contributed by atoms with van der Waals surface area (Å²) in [7, 11) is 0. The maximum Gasteiger partial charge on any atom is 0.262 e. The first-order chi connectivity index (χ1) is 16.6. The standard InChI is InChI=1S/C28H26N2O4/c1-19-27(20-9-3-2-4-10-20)28(32)22-14-13-21(17-25(22)34-19)33-18-26(31)29-23-11-5-6-12-24(23)30-15-7-8-16-30/h2-6,9-14,17H,7-8,15-16,18H2,1H3,(H,29,31). The van der Waals surface area contributed by atoms with Gasteiger partial charge in [0.15, 0.2) is 6.61 Å². The molecule has 5 rings (SSSR count). The van der Waals surface area contributed by atoms with Crippen molar-refractivity contribution in [1.82, 2.24) is 0 Å². The quantitative estimate of drug-likeness (QED) is 0.423. The molecular weight excluding hydrogens is 428 g/mol. The second-order valence-corrected chi connectivity index (χ2v) is 8.43. The fourth-order valence-electron chi connectivity index (χ4n) is 4.46. The highest BCUT2D eigenvalue weighted by atomic mass is 16.5. The van der Waals surface area contributed by atoms with Crippen LogP contribution in [-0.2, 0) is 4.79 Å². The predicted octanol–water partition coefficient (Wildman–Crippen LogP) is 5.39. The molecule has 1 aliphatic rings. The van der Waals surface area contributed by atoms with Crippen molar-refractivity contribution in [3.05, 3.63) is 88.8 Å². The Bertz CT molecular complexity index is 1390. The van der Waals surface area contributed by atoms with E-state index in [1.807, 2.05) is 54.6 Å². The van der Waals surface area contributed by atoms with Gasteiger partial charge in [-0.3, -0.25) is 9.59 Å². The van der Waals surface area contributed by atoms with E-state index in [4.69, 9.17) is 9.15 Å². The Morgan fingerprint density at radius 2 is 1.74 bits per heavy atom. The van der Waals surface area contributed by atoms with E-state index < -0.39 is 0 Å². The van der Waals surface area contributed by atoms with Crippen molar-refractivity contribution in [2.75, 3.05) is 29.9 Å². The van der Waals surface area contributed by atoms with Crippen LogP contribution in [0, 0.1) is 6.92 Å². The number of amides is 1. The predicted molar refractivity (Wildman–Crippen MR) is 135 cm³/mol. The average molecular weight is 455 g/mol. The number of nitrogens with one attached hydrogen (secondary N) is 1. The number of para-hydroxylation sites is 2. The van der Waals surface area contributed by atoms with Gasteiger partial charge in [0.2, 0.25) is 5.43 Å². The number of carbonyl (C=O) groups excluding carboxylic acids is 1. The van der Waals surface area contributed by atoms with Crippen LogP contribution < -0.4 is 20.4 Å². The van der Waals surface area contributed by atoms with Gasteiger partial charge in [-0.25, -0.2) is 0 Å². The molecule has 1 aromatic heterocycles. The Morgan fingerprint density at radius 1 is 1.00 bits per heavy atom. The van der Waals surface area contributed by atoms with E-state index in [1.165, 1.54) is 0 Å². The fourth-order valence-corrected chi connectivity index (χ4v) is 4.46. The number of ether oxygens (including phenoxy) is 1. The van der Waals surface area contributed by atoms with E-state index in [0.717, 1.165) is 42.9 Å². The molecule has 172 valence electrons. The summed E-state index contributed by atoms with van der Waals surface area (Å²) >= 11 is 0. The lowest BCUT2D eigenvalue weighted by Gasteiger charge is -2.21. The summed E-state index contributed by atoms with van der Waals surface area (Å²) in [5, 5.41) is 3.43. The van der Waals surface area contributed by atoms with Crippen molar-refractivity contribution >= 4 is 28.3 Å². The molecule has 1 N–H and O–H groups in total. The molecule has 1 fully saturated rings. The van der Waals surface area contributed by atoms with E-state index in [1.54, 1.807) is 25.1 Å². The molecule has 6 heteroatoms. The minimum absolute atomic E-state index is 0.0900. The number of fused-ring (bicyclic) bond motifs is 1. The zero-order chi connectivity index (χ0) is 23.5. The molecule has 0 unspecified atom stereocenters. The Labute approximate surface area is 197 Å². The molecule has 3 aromatic carbocycles. The first-order valence-corrected chi connectivity index (χ1v) is 11.5. The summed E-state index contributed by atoms with van der Waals surface area (Å²) in [6, 6.07) is 22.3. The van der Waals surface area contributed by atoms with Crippen LogP contribution in [-0.4, -0.2) is 25.6 Å². The highest BCUT2D eigenvalue weighted by Crippen LogP contribution is 2.29. The van der Waals surface area contributed by atoms with Gasteiger partial charge in [0.1, 0.15) is 17.1 Å². The average Bonchev–Trinajstić information content (AvgIpc) is 3.38. The summed E-state index contributed by atoms with van der Waals surface area (Å²) in [6.45, 7) is 3.63. The Kier molecular flexibility index (Phi) is 6.04. The lowest BCUT2D eigenvalue weighted by atomic mass is 10.0. The molecule has 1 saturated heterocycles. The van der Waals surface area contributed by atoms with Crippen LogP contribution in [0.25, 0.3) is 22.1 Å². The summed E-state index contributed by atoms with van der Waals surface area (Å²) in [6.07, 6.45) is 2.32. The highest BCUT2D eigenvalue weighted by Gasteiger charge is 2.17. The summed E-state index contributed by atoms with van der Waals surface area (Å²) in [4.78, 5) is 28.0. The van der Waals surface area contributed by atoms with Crippen molar-refractivity contribution in [2.24, 2.45) is 0 Å². The fraction of sp³-hybridized carbons (Fsp3) is 0.214. The van der Waals surface area contributed by atoms with Crippen LogP contribution in [0.15, 0.2) is 82.0 Å². The van der Waals surface area contributed by atoms with Crippen LogP contribution in [0.5, 0.6) is 5.75 Å². The van der Waals surface area contributed by atoms with Crippen molar-refractivity contribution < 1.29 is 13.9 Å². The van der Waals surface area contributed by atoms with Crippen LogP contribution >= 0.6 is 0 Å². The number of nitrogens with zero attached hydrogens (tertiary/aromatic N) is 1. The lowest BCUT2D eigenvalue weighted by Crippen LogP contribution is -2.24.